The van der Waals surface area contributed by atoms with Crippen molar-refractivity contribution in [3.8, 4) is 0 Å². The van der Waals surface area contributed by atoms with Crippen LogP contribution in [0, 0.1) is 13.8 Å². The van der Waals surface area contributed by atoms with Crippen LogP contribution < -0.4 is 10.4 Å². The van der Waals surface area contributed by atoms with Crippen molar-refractivity contribution in [2.24, 2.45) is 0 Å². The predicted octanol–water partition coefficient (Wildman–Crippen LogP) is 1.86. The Kier molecular flexibility index (Phi) is 1.85. The lowest BCUT2D eigenvalue weighted by Gasteiger charge is -2.26. The second kappa shape index (κ2) is 2.75. The molecule has 2 heterocycles. The van der Waals surface area contributed by atoms with Gasteiger partial charge in [0.1, 0.15) is 0 Å². The Morgan fingerprint density at radius 2 is 2.17 bits per heavy atom. The summed E-state index contributed by atoms with van der Waals surface area (Å²) in [7, 11) is 2.09. The molecule has 0 bridgehead atoms. The fraction of sp³-hybridized carbons (Fsp3) is 0.556. The third-order valence-corrected chi connectivity index (χ3v) is 3.72. The van der Waals surface area contributed by atoms with E-state index in [1.807, 2.05) is 11.3 Å². The molecule has 2 nitrogen and oxygen atoms in total. The highest BCUT2D eigenvalue weighted by molar-refractivity contribution is 7.12. The molecule has 0 saturated heterocycles. The van der Waals surface area contributed by atoms with E-state index in [-0.39, 0.29) is 0 Å². The largest absolute Gasteiger partial charge is 0.310 e. The van der Waals surface area contributed by atoms with E-state index < -0.39 is 0 Å². The average molecular weight is 182 g/mol. The number of aryl methyl sites for hydroxylation is 1. The molecule has 12 heavy (non-hydrogen) atoms. The monoisotopic (exact) mass is 182 g/mol. The van der Waals surface area contributed by atoms with Gasteiger partial charge in [-0.3, -0.25) is 0 Å². The number of nitrogens with zero attached hydrogens (tertiary/aromatic N) is 1. The molecular weight excluding hydrogens is 168 g/mol. The van der Waals surface area contributed by atoms with E-state index in [9.17, 15) is 0 Å². The molecule has 0 saturated carbocycles. The summed E-state index contributed by atoms with van der Waals surface area (Å²) in [5.74, 6) is 0. The maximum absolute atomic E-state index is 3.33. The van der Waals surface area contributed by atoms with E-state index in [0.29, 0.717) is 0 Å². The Balaban J connectivity index is 2.54. The standard InChI is InChI=1S/C9H14N2S/c1-6-7(2)12-8-4-5-10-11(3)9(6)8/h10H,4-5H2,1-3H3. The second-order valence-corrected chi connectivity index (χ2v) is 4.58. The molecule has 0 radical (unpaired) electrons. The number of nitrogens with one attached hydrogen (secondary N) is 1. The van der Waals surface area contributed by atoms with Gasteiger partial charge in [0.25, 0.3) is 0 Å². The molecule has 1 aromatic heterocycles. The molecule has 1 aliphatic heterocycles. The molecule has 0 aliphatic carbocycles. The van der Waals surface area contributed by atoms with Gasteiger partial charge in [-0.2, -0.15) is 0 Å². The van der Waals surface area contributed by atoms with Crippen molar-refractivity contribution in [1.82, 2.24) is 5.43 Å². The third kappa shape index (κ3) is 1.04. The maximum Gasteiger partial charge on any atom is 0.0687 e. The molecule has 2 rings (SSSR count). The van der Waals surface area contributed by atoms with Gasteiger partial charge in [-0.05, 0) is 25.8 Å². The van der Waals surface area contributed by atoms with Crippen LogP contribution in [0.25, 0.3) is 0 Å². The first-order valence-electron chi connectivity index (χ1n) is 4.26. The van der Waals surface area contributed by atoms with Crippen LogP contribution in [-0.4, -0.2) is 13.6 Å². The molecule has 1 N–H and O–H groups in total. The van der Waals surface area contributed by atoms with E-state index in [4.69, 9.17) is 0 Å². The SMILES string of the molecule is Cc1sc2c(c1C)N(C)NCC2. The van der Waals surface area contributed by atoms with E-state index in [1.54, 1.807) is 0 Å². The van der Waals surface area contributed by atoms with Gasteiger partial charge in [0, 0.05) is 23.3 Å². The van der Waals surface area contributed by atoms with Crippen LogP contribution in [0.4, 0.5) is 5.69 Å². The number of anilines is 1. The van der Waals surface area contributed by atoms with Gasteiger partial charge >= 0.3 is 0 Å². The smallest absolute Gasteiger partial charge is 0.0687 e. The Morgan fingerprint density at radius 3 is 2.83 bits per heavy atom. The first-order valence-corrected chi connectivity index (χ1v) is 5.08. The third-order valence-electron chi connectivity index (χ3n) is 2.46. The minimum absolute atomic E-state index is 1.07. The number of rotatable bonds is 0. The first-order chi connectivity index (χ1) is 5.70. The average Bonchev–Trinajstić information content (AvgIpc) is 2.29. The van der Waals surface area contributed by atoms with Crippen molar-refractivity contribution in [3.63, 3.8) is 0 Å². The zero-order chi connectivity index (χ0) is 8.72. The van der Waals surface area contributed by atoms with Crippen molar-refractivity contribution < 1.29 is 0 Å². The van der Waals surface area contributed by atoms with Crippen LogP contribution in [0.15, 0.2) is 0 Å². The van der Waals surface area contributed by atoms with Crippen molar-refractivity contribution in [2.45, 2.75) is 20.3 Å². The van der Waals surface area contributed by atoms with Gasteiger partial charge in [-0.25, -0.2) is 5.43 Å². The van der Waals surface area contributed by atoms with E-state index in [1.165, 1.54) is 27.4 Å². The number of thiophene rings is 1. The topological polar surface area (TPSA) is 15.3 Å². The van der Waals surface area contributed by atoms with E-state index in [2.05, 4.69) is 31.3 Å². The Morgan fingerprint density at radius 1 is 1.42 bits per heavy atom. The molecule has 0 amide bonds. The van der Waals surface area contributed by atoms with Gasteiger partial charge in [0.05, 0.1) is 5.69 Å². The molecule has 1 aliphatic rings. The van der Waals surface area contributed by atoms with Gasteiger partial charge in [-0.1, -0.05) is 0 Å². The van der Waals surface area contributed by atoms with Gasteiger partial charge in [0.2, 0.25) is 0 Å². The predicted molar refractivity (Wildman–Crippen MR) is 53.9 cm³/mol. The molecule has 0 aromatic carbocycles. The van der Waals surface area contributed by atoms with Crippen LogP contribution >= 0.6 is 11.3 Å². The summed E-state index contributed by atoms with van der Waals surface area (Å²) in [5, 5.41) is 2.15. The highest BCUT2D eigenvalue weighted by atomic mass is 32.1. The summed E-state index contributed by atoms with van der Waals surface area (Å²) in [4.78, 5) is 2.99. The molecule has 0 unspecified atom stereocenters. The molecule has 66 valence electrons. The molecular formula is C9H14N2S. The Hall–Kier alpha value is -0.540. The van der Waals surface area contributed by atoms with Crippen molar-refractivity contribution in [1.29, 1.82) is 0 Å². The first kappa shape index (κ1) is 8.08. The molecule has 0 atom stereocenters. The zero-order valence-corrected chi connectivity index (χ0v) is 8.59. The lowest BCUT2D eigenvalue weighted by Crippen LogP contribution is -2.39. The number of hydrazine groups is 1. The Labute approximate surface area is 77.2 Å². The fourth-order valence-electron chi connectivity index (χ4n) is 1.71. The van der Waals surface area contributed by atoms with Crippen molar-refractivity contribution in [2.75, 3.05) is 18.6 Å². The molecule has 0 fully saturated rings. The van der Waals surface area contributed by atoms with Crippen LogP contribution in [0.5, 0.6) is 0 Å². The van der Waals surface area contributed by atoms with Crippen molar-refractivity contribution >= 4 is 17.0 Å². The minimum Gasteiger partial charge on any atom is -0.310 e. The molecule has 0 spiro atoms. The zero-order valence-electron chi connectivity index (χ0n) is 7.77. The summed E-state index contributed by atoms with van der Waals surface area (Å²) in [6.07, 6.45) is 1.18. The summed E-state index contributed by atoms with van der Waals surface area (Å²) < 4.78 is 0. The van der Waals surface area contributed by atoms with Crippen molar-refractivity contribution in [3.05, 3.63) is 15.3 Å². The van der Waals surface area contributed by atoms with Crippen LogP contribution in [0.3, 0.4) is 0 Å². The van der Waals surface area contributed by atoms with Crippen LogP contribution in [-0.2, 0) is 6.42 Å². The lowest BCUT2D eigenvalue weighted by atomic mass is 10.2. The van der Waals surface area contributed by atoms with Crippen LogP contribution in [0.1, 0.15) is 15.3 Å². The maximum atomic E-state index is 3.33. The highest BCUT2D eigenvalue weighted by Crippen LogP contribution is 2.35. The van der Waals surface area contributed by atoms with E-state index in [0.717, 1.165) is 6.54 Å². The van der Waals surface area contributed by atoms with Gasteiger partial charge < -0.3 is 5.01 Å². The van der Waals surface area contributed by atoms with Gasteiger partial charge in [0.15, 0.2) is 0 Å². The molecule has 1 aromatic rings. The minimum atomic E-state index is 1.07. The normalized spacial score (nSPS) is 16.4. The quantitative estimate of drug-likeness (QED) is 0.659. The number of hydrogen-bond donors (Lipinski definition) is 1. The fourth-order valence-corrected chi connectivity index (χ4v) is 2.92. The van der Waals surface area contributed by atoms with Gasteiger partial charge in [-0.15, -0.1) is 11.3 Å². The number of hydrogen-bond acceptors (Lipinski definition) is 3. The Bertz CT molecular complexity index is 304. The summed E-state index contributed by atoms with van der Waals surface area (Å²) >= 11 is 1.94. The summed E-state index contributed by atoms with van der Waals surface area (Å²) in [6.45, 7) is 5.48. The second-order valence-electron chi connectivity index (χ2n) is 3.27. The summed E-state index contributed by atoms with van der Waals surface area (Å²) in [6, 6.07) is 0. The van der Waals surface area contributed by atoms with Crippen LogP contribution in [0.2, 0.25) is 0 Å². The highest BCUT2D eigenvalue weighted by Gasteiger charge is 2.19. The van der Waals surface area contributed by atoms with E-state index >= 15 is 0 Å². The lowest BCUT2D eigenvalue weighted by molar-refractivity contribution is 0.646. The molecule has 3 heteroatoms. The number of fused-ring (bicyclic) bond motifs is 1. The summed E-state index contributed by atoms with van der Waals surface area (Å²) in [5.41, 5.74) is 6.17.